The molecular formula is C15H12F2N2S. The zero-order chi connectivity index (χ0) is 13.9. The van der Waals surface area contributed by atoms with E-state index in [0.717, 1.165) is 17.4 Å². The molecular weight excluding hydrogens is 278 g/mol. The van der Waals surface area contributed by atoms with E-state index >= 15 is 0 Å². The fourth-order valence-electron chi connectivity index (χ4n) is 2.04. The summed E-state index contributed by atoms with van der Waals surface area (Å²) in [6.45, 7) is 0. The second-order valence-electron chi connectivity index (χ2n) is 4.45. The van der Waals surface area contributed by atoms with Crippen LogP contribution in [0.25, 0.3) is 0 Å². The maximum atomic E-state index is 13.1. The maximum absolute atomic E-state index is 13.1. The van der Waals surface area contributed by atoms with Crippen molar-refractivity contribution in [2.45, 2.75) is 6.04 Å². The third-order valence-electron chi connectivity index (χ3n) is 2.95. The van der Waals surface area contributed by atoms with Gasteiger partial charge >= 0.3 is 0 Å². The Bertz CT molecular complexity index is 623. The molecule has 5 heteroatoms. The summed E-state index contributed by atoms with van der Waals surface area (Å²) < 4.78 is 26.2. The van der Waals surface area contributed by atoms with Crippen molar-refractivity contribution in [2.24, 2.45) is 4.99 Å². The van der Waals surface area contributed by atoms with E-state index in [-0.39, 0.29) is 6.04 Å². The van der Waals surface area contributed by atoms with Gasteiger partial charge in [-0.1, -0.05) is 42.1 Å². The average Bonchev–Trinajstić information content (AvgIpc) is 2.87. The number of benzene rings is 2. The molecule has 0 aliphatic carbocycles. The highest BCUT2D eigenvalue weighted by molar-refractivity contribution is 8.14. The van der Waals surface area contributed by atoms with Crippen molar-refractivity contribution in [2.75, 3.05) is 11.1 Å². The zero-order valence-corrected chi connectivity index (χ0v) is 11.3. The quantitative estimate of drug-likeness (QED) is 0.895. The first-order valence-electron chi connectivity index (χ1n) is 6.19. The number of amidine groups is 1. The molecule has 1 aliphatic heterocycles. The molecule has 0 bridgehead atoms. The fourth-order valence-corrected chi connectivity index (χ4v) is 3.01. The van der Waals surface area contributed by atoms with Crippen LogP contribution < -0.4 is 5.32 Å². The molecule has 0 saturated heterocycles. The molecule has 102 valence electrons. The van der Waals surface area contributed by atoms with Crippen molar-refractivity contribution in [3.63, 3.8) is 0 Å². The largest absolute Gasteiger partial charge is 0.335 e. The summed E-state index contributed by atoms with van der Waals surface area (Å²) in [5.41, 5.74) is 1.52. The van der Waals surface area contributed by atoms with Gasteiger partial charge in [-0.15, -0.1) is 0 Å². The van der Waals surface area contributed by atoms with Crippen LogP contribution in [0.2, 0.25) is 0 Å². The highest BCUT2D eigenvalue weighted by Crippen LogP contribution is 2.30. The van der Waals surface area contributed by atoms with Crippen LogP contribution in [0.5, 0.6) is 0 Å². The Balaban J connectivity index is 1.76. The van der Waals surface area contributed by atoms with Crippen molar-refractivity contribution in [3.05, 3.63) is 65.7 Å². The summed E-state index contributed by atoms with van der Waals surface area (Å²) >= 11 is 1.55. The van der Waals surface area contributed by atoms with Crippen molar-refractivity contribution in [1.82, 2.24) is 0 Å². The van der Waals surface area contributed by atoms with Gasteiger partial charge in [-0.2, -0.15) is 0 Å². The van der Waals surface area contributed by atoms with Gasteiger partial charge in [0.2, 0.25) is 0 Å². The molecule has 2 aromatic rings. The molecule has 0 amide bonds. The van der Waals surface area contributed by atoms with Crippen LogP contribution >= 0.6 is 11.8 Å². The summed E-state index contributed by atoms with van der Waals surface area (Å²) in [7, 11) is 0. The predicted octanol–water partition coefficient (Wildman–Crippen LogP) is 4.22. The third-order valence-corrected chi connectivity index (χ3v) is 3.91. The number of hydrogen-bond acceptors (Lipinski definition) is 3. The van der Waals surface area contributed by atoms with E-state index in [2.05, 4.69) is 10.3 Å². The second kappa shape index (κ2) is 5.63. The van der Waals surface area contributed by atoms with E-state index in [0.29, 0.717) is 10.9 Å². The molecule has 1 atom stereocenters. The van der Waals surface area contributed by atoms with Crippen molar-refractivity contribution in [3.8, 4) is 0 Å². The van der Waals surface area contributed by atoms with Crippen LogP contribution in [0, 0.1) is 11.6 Å². The normalized spacial score (nSPS) is 17.9. The van der Waals surface area contributed by atoms with Gasteiger partial charge in [0.25, 0.3) is 0 Å². The zero-order valence-electron chi connectivity index (χ0n) is 10.5. The van der Waals surface area contributed by atoms with Gasteiger partial charge in [-0.25, -0.2) is 8.78 Å². The molecule has 3 rings (SSSR count). The van der Waals surface area contributed by atoms with E-state index in [1.165, 1.54) is 12.1 Å². The minimum atomic E-state index is -0.601. The van der Waals surface area contributed by atoms with Gasteiger partial charge in [-0.3, -0.25) is 4.99 Å². The van der Waals surface area contributed by atoms with E-state index < -0.39 is 11.6 Å². The number of halogens is 2. The second-order valence-corrected chi connectivity index (χ2v) is 5.46. The van der Waals surface area contributed by atoms with E-state index in [9.17, 15) is 8.78 Å². The summed E-state index contributed by atoms with van der Waals surface area (Å²) in [6, 6.07) is 13.4. The minimum Gasteiger partial charge on any atom is -0.335 e. The van der Waals surface area contributed by atoms with Gasteiger partial charge in [-0.05, 0) is 17.7 Å². The van der Waals surface area contributed by atoms with E-state index in [1.807, 2.05) is 30.3 Å². The van der Waals surface area contributed by atoms with E-state index in [1.54, 1.807) is 11.8 Å². The molecule has 2 aromatic carbocycles. The highest BCUT2D eigenvalue weighted by Gasteiger charge is 2.20. The first-order chi connectivity index (χ1) is 9.70. The van der Waals surface area contributed by atoms with Gasteiger partial charge < -0.3 is 5.32 Å². The number of rotatable bonds is 2. The number of anilines is 1. The topological polar surface area (TPSA) is 24.4 Å². The Kier molecular flexibility index (Phi) is 3.69. The SMILES string of the molecule is Fc1cc(F)cc(NC2=NC(c3ccccc3)CS2)c1. The number of nitrogens with zero attached hydrogens (tertiary/aromatic N) is 1. The van der Waals surface area contributed by atoms with Gasteiger partial charge in [0.15, 0.2) is 5.17 Å². The Morgan fingerprint density at radius 1 is 1.05 bits per heavy atom. The Morgan fingerprint density at radius 3 is 2.45 bits per heavy atom. The lowest BCUT2D eigenvalue weighted by atomic mass is 10.1. The molecule has 0 aromatic heterocycles. The molecule has 0 radical (unpaired) electrons. The van der Waals surface area contributed by atoms with Gasteiger partial charge in [0.1, 0.15) is 11.6 Å². The summed E-state index contributed by atoms with van der Waals surface area (Å²) in [4.78, 5) is 4.54. The Hall–Kier alpha value is -1.88. The van der Waals surface area contributed by atoms with Crippen molar-refractivity contribution >= 4 is 22.6 Å². The summed E-state index contributed by atoms with van der Waals surface area (Å²) in [5.74, 6) is -0.379. The lowest BCUT2D eigenvalue weighted by Crippen LogP contribution is -2.05. The number of thioether (sulfide) groups is 1. The van der Waals surface area contributed by atoms with E-state index in [4.69, 9.17) is 0 Å². The maximum Gasteiger partial charge on any atom is 0.161 e. The Morgan fingerprint density at radius 2 is 1.75 bits per heavy atom. The molecule has 1 unspecified atom stereocenters. The lowest BCUT2D eigenvalue weighted by Gasteiger charge is -2.05. The van der Waals surface area contributed by atoms with Crippen molar-refractivity contribution in [1.29, 1.82) is 0 Å². The number of aliphatic imine (C=N–C) groups is 1. The molecule has 1 N–H and O–H groups in total. The monoisotopic (exact) mass is 290 g/mol. The number of nitrogens with one attached hydrogen (secondary N) is 1. The predicted molar refractivity (Wildman–Crippen MR) is 79.1 cm³/mol. The van der Waals surface area contributed by atoms with Crippen LogP contribution in [0.1, 0.15) is 11.6 Å². The molecule has 2 nitrogen and oxygen atoms in total. The molecule has 1 heterocycles. The lowest BCUT2D eigenvalue weighted by molar-refractivity contribution is 0.584. The molecule has 0 spiro atoms. The molecule has 1 aliphatic rings. The average molecular weight is 290 g/mol. The van der Waals surface area contributed by atoms with Crippen LogP contribution in [-0.4, -0.2) is 10.9 Å². The molecule has 0 saturated carbocycles. The van der Waals surface area contributed by atoms with Gasteiger partial charge in [0, 0.05) is 17.5 Å². The van der Waals surface area contributed by atoms with Crippen LogP contribution in [0.3, 0.4) is 0 Å². The summed E-state index contributed by atoms with van der Waals surface area (Å²) in [5, 5.41) is 3.64. The summed E-state index contributed by atoms with van der Waals surface area (Å²) in [6.07, 6.45) is 0. The van der Waals surface area contributed by atoms with Crippen LogP contribution in [0.15, 0.2) is 53.5 Å². The number of hydrogen-bond donors (Lipinski definition) is 1. The first-order valence-corrected chi connectivity index (χ1v) is 7.18. The standard InChI is InChI=1S/C15H12F2N2S/c16-11-6-12(17)8-13(7-11)18-15-19-14(9-20-15)10-4-2-1-3-5-10/h1-8,14H,9H2,(H,18,19). The minimum absolute atomic E-state index is 0.0853. The van der Waals surface area contributed by atoms with Crippen molar-refractivity contribution < 1.29 is 8.78 Å². The Labute approximate surface area is 119 Å². The highest BCUT2D eigenvalue weighted by atomic mass is 32.2. The van der Waals surface area contributed by atoms with Crippen LogP contribution in [-0.2, 0) is 0 Å². The molecule has 0 fully saturated rings. The molecule has 20 heavy (non-hydrogen) atoms. The van der Waals surface area contributed by atoms with Gasteiger partial charge in [0.05, 0.1) is 6.04 Å². The first kappa shape index (κ1) is 13.1. The van der Waals surface area contributed by atoms with Crippen LogP contribution in [0.4, 0.5) is 14.5 Å². The third kappa shape index (κ3) is 2.99. The smallest absolute Gasteiger partial charge is 0.161 e. The fraction of sp³-hybridized carbons (Fsp3) is 0.133.